The van der Waals surface area contributed by atoms with Crippen LogP contribution in [0.25, 0.3) is 11.0 Å². The summed E-state index contributed by atoms with van der Waals surface area (Å²) in [4.78, 5) is 40.7. The van der Waals surface area contributed by atoms with Crippen LogP contribution < -0.4 is 10.7 Å². The summed E-state index contributed by atoms with van der Waals surface area (Å²) in [6.07, 6.45) is 9.24. The van der Waals surface area contributed by atoms with Gasteiger partial charge in [0, 0.05) is 30.6 Å². The van der Waals surface area contributed by atoms with Gasteiger partial charge in [-0.2, -0.15) is 0 Å². The number of piperidine rings is 1. The van der Waals surface area contributed by atoms with E-state index >= 15 is 0 Å². The smallest absolute Gasteiger partial charge is 0.287 e. The van der Waals surface area contributed by atoms with Gasteiger partial charge in [0.15, 0.2) is 16.8 Å². The van der Waals surface area contributed by atoms with Gasteiger partial charge in [-0.15, -0.1) is 0 Å². The summed E-state index contributed by atoms with van der Waals surface area (Å²) >= 11 is 12.4. The maximum absolute atomic E-state index is 13.4. The topological polar surface area (TPSA) is 79.6 Å². The lowest BCUT2D eigenvalue weighted by atomic mass is 9.79. The molecule has 2 aliphatic rings. The molecule has 0 bridgehead atoms. The molecule has 2 fully saturated rings. The highest BCUT2D eigenvalue weighted by Gasteiger charge is 2.25. The molecule has 1 saturated heterocycles. The van der Waals surface area contributed by atoms with E-state index in [1.165, 1.54) is 22.8 Å². The average molecular weight is 644 g/mol. The largest absolute Gasteiger partial charge is 0.449 e. The second-order valence-corrected chi connectivity index (χ2v) is 12.9. The van der Waals surface area contributed by atoms with Gasteiger partial charge in [-0.3, -0.25) is 14.4 Å². The van der Waals surface area contributed by atoms with Crippen molar-refractivity contribution in [3.63, 3.8) is 0 Å². The Labute approximate surface area is 273 Å². The van der Waals surface area contributed by atoms with E-state index in [0.29, 0.717) is 35.7 Å². The van der Waals surface area contributed by atoms with Gasteiger partial charge < -0.3 is 14.6 Å². The Morgan fingerprint density at radius 3 is 2.51 bits per heavy atom. The molecule has 8 heteroatoms. The van der Waals surface area contributed by atoms with Crippen molar-refractivity contribution in [2.45, 2.75) is 69.9 Å². The first-order chi connectivity index (χ1) is 21.8. The molecular weight excluding hydrogens is 607 g/mol. The fourth-order valence-electron chi connectivity index (χ4n) is 6.58. The van der Waals surface area contributed by atoms with Crippen molar-refractivity contribution in [1.29, 1.82) is 0 Å². The van der Waals surface area contributed by atoms with Gasteiger partial charge in [0.1, 0.15) is 0 Å². The molecule has 1 aromatic heterocycles. The van der Waals surface area contributed by atoms with Crippen LogP contribution >= 0.6 is 23.2 Å². The molecule has 0 radical (unpaired) electrons. The molecule has 0 spiro atoms. The number of carbonyl (C=O) groups is 2. The zero-order chi connectivity index (χ0) is 31.3. The molecule has 4 aromatic rings. The van der Waals surface area contributed by atoms with Gasteiger partial charge >= 0.3 is 0 Å². The fraction of sp³-hybridized carbons (Fsp3) is 0.324. The summed E-state index contributed by atoms with van der Waals surface area (Å²) in [6.45, 7) is 1.51. The number of nitrogens with one attached hydrogen (secondary N) is 1. The molecule has 0 unspecified atom stereocenters. The van der Waals surface area contributed by atoms with E-state index in [0.717, 1.165) is 50.6 Å². The number of benzene rings is 3. The Morgan fingerprint density at radius 2 is 1.73 bits per heavy atom. The Morgan fingerprint density at radius 1 is 0.956 bits per heavy atom. The molecule has 3 aromatic carbocycles. The summed E-state index contributed by atoms with van der Waals surface area (Å²) in [5, 5.41) is 4.35. The normalized spacial score (nSPS) is 17.7. The number of likely N-dealkylation sites (tertiary alicyclic amines) is 1. The monoisotopic (exact) mass is 642 g/mol. The predicted octanol–water partition coefficient (Wildman–Crippen LogP) is 8.24. The Bertz CT molecular complexity index is 1790. The number of nitrogens with zero attached hydrogens (tertiary/aromatic N) is 1. The highest BCUT2D eigenvalue weighted by Crippen LogP contribution is 2.37. The van der Waals surface area contributed by atoms with Crippen LogP contribution in [-0.2, 0) is 17.8 Å². The minimum absolute atomic E-state index is 0.0763. The number of fused-ring (bicyclic) bond motifs is 1. The number of carbonyl (C=O) groups excluding carboxylic acids is 2. The lowest BCUT2D eigenvalue weighted by molar-refractivity contribution is -0.133. The van der Waals surface area contributed by atoms with Crippen molar-refractivity contribution in [2.75, 3.05) is 6.54 Å². The van der Waals surface area contributed by atoms with Crippen LogP contribution in [0.2, 0.25) is 10.0 Å². The summed E-state index contributed by atoms with van der Waals surface area (Å²) in [7, 11) is 0. The molecule has 6 nitrogen and oxygen atoms in total. The van der Waals surface area contributed by atoms with Crippen LogP contribution in [0.3, 0.4) is 0 Å². The van der Waals surface area contributed by atoms with E-state index in [-0.39, 0.29) is 33.7 Å². The molecule has 1 saturated carbocycles. The number of rotatable bonds is 8. The van der Waals surface area contributed by atoms with E-state index in [9.17, 15) is 14.4 Å². The number of para-hydroxylation sites is 1. The fourth-order valence-corrected chi connectivity index (χ4v) is 6.92. The zero-order valence-corrected chi connectivity index (χ0v) is 26.6. The molecular formula is C37H36Cl2N2O4. The summed E-state index contributed by atoms with van der Waals surface area (Å²) in [6, 6.07) is 22.0. The van der Waals surface area contributed by atoms with Crippen molar-refractivity contribution < 1.29 is 14.0 Å². The molecule has 2 amide bonds. The quantitative estimate of drug-likeness (QED) is 0.196. The van der Waals surface area contributed by atoms with Crippen molar-refractivity contribution in [1.82, 2.24) is 10.2 Å². The molecule has 1 atom stereocenters. The number of allylic oxidation sites excluding steroid dienone is 1. The molecule has 45 heavy (non-hydrogen) atoms. The van der Waals surface area contributed by atoms with Crippen LogP contribution in [-0.4, -0.2) is 29.3 Å². The molecule has 232 valence electrons. The number of hydrogen-bond acceptors (Lipinski definition) is 4. The standard InChI is InChI=1S/C37H36Cl2N2O4/c38-28-17-13-25(14-18-28)21-29(40-37(44)34-22-33(42)31-8-5-9-32(39)36(31)45-34)20-24-11-15-26(16-12-24)30-7-2-1-6-27(30)23-41-19-4-3-10-35(41)43/h1-2,5-9,13-14,17-18,20,22,26,29H,3-4,10-12,15-16,19,21,23H2,(H,40,44)/t26?,29-/m0/s1. The molecule has 2 heterocycles. The Hall–Kier alpha value is -3.87. The summed E-state index contributed by atoms with van der Waals surface area (Å²) < 4.78 is 5.82. The third kappa shape index (κ3) is 7.51. The van der Waals surface area contributed by atoms with Crippen molar-refractivity contribution >= 4 is 46.0 Å². The van der Waals surface area contributed by atoms with Crippen molar-refractivity contribution in [2.24, 2.45) is 0 Å². The maximum atomic E-state index is 13.4. The van der Waals surface area contributed by atoms with Crippen molar-refractivity contribution in [3.05, 3.63) is 127 Å². The molecule has 1 N–H and O–H groups in total. The van der Waals surface area contributed by atoms with Crippen LogP contribution in [0.1, 0.15) is 78.1 Å². The zero-order valence-electron chi connectivity index (χ0n) is 25.1. The molecule has 1 aliphatic carbocycles. The van der Waals surface area contributed by atoms with Gasteiger partial charge in [-0.25, -0.2) is 0 Å². The first-order valence-corrected chi connectivity index (χ1v) is 16.4. The summed E-state index contributed by atoms with van der Waals surface area (Å²) in [5.74, 6) is 0.121. The highest BCUT2D eigenvalue weighted by atomic mass is 35.5. The number of amides is 2. The van der Waals surface area contributed by atoms with Gasteiger partial charge in [-0.1, -0.05) is 77.3 Å². The average Bonchev–Trinajstić information content (AvgIpc) is 3.04. The lowest BCUT2D eigenvalue weighted by Gasteiger charge is -2.31. The van der Waals surface area contributed by atoms with Crippen LogP contribution in [0.5, 0.6) is 0 Å². The SMILES string of the molecule is O=C(N[C@@H](C=C1CCC(c2ccccc2CN2CCCCC2=O)CC1)Cc1ccc(Cl)cc1)c1cc(=O)c2cccc(Cl)c2o1. The van der Waals surface area contributed by atoms with Crippen LogP contribution in [0.4, 0.5) is 0 Å². The molecule has 1 aliphatic heterocycles. The second kappa shape index (κ2) is 14.1. The first kappa shape index (κ1) is 31.1. The van der Waals surface area contributed by atoms with Crippen LogP contribution in [0.15, 0.2) is 93.7 Å². The Balaban J connectivity index is 1.19. The minimum atomic E-state index is -0.473. The van der Waals surface area contributed by atoms with E-state index < -0.39 is 5.91 Å². The van der Waals surface area contributed by atoms with E-state index in [2.05, 4.69) is 35.7 Å². The maximum Gasteiger partial charge on any atom is 0.287 e. The van der Waals surface area contributed by atoms with Crippen LogP contribution in [0, 0.1) is 0 Å². The first-order valence-electron chi connectivity index (χ1n) is 15.7. The van der Waals surface area contributed by atoms with Gasteiger partial charge in [0.05, 0.1) is 16.5 Å². The van der Waals surface area contributed by atoms with E-state index in [4.69, 9.17) is 27.6 Å². The lowest BCUT2D eigenvalue weighted by Crippen LogP contribution is -2.36. The van der Waals surface area contributed by atoms with E-state index in [1.807, 2.05) is 29.2 Å². The van der Waals surface area contributed by atoms with Gasteiger partial charge in [0.25, 0.3) is 5.91 Å². The minimum Gasteiger partial charge on any atom is -0.449 e. The second-order valence-electron chi connectivity index (χ2n) is 12.1. The van der Waals surface area contributed by atoms with E-state index in [1.54, 1.807) is 18.2 Å². The number of hydrogen-bond donors (Lipinski definition) is 1. The van der Waals surface area contributed by atoms with Gasteiger partial charge in [-0.05, 0) is 91.8 Å². The van der Waals surface area contributed by atoms with Gasteiger partial charge in [0.2, 0.25) is 5.91 Å². The third-order valence-corrected chi connectivity index (χ3v) is 9.51. The highest BCUT2D eigenvalue weighted by molar-refractivity contribution is 6.34. The number of halogens is 2. The third-order valence-electron chi connectivity index (χ3n) is 8.96. The molecule has 6 rings (SSSR count). The summed E-state index contributed by atoms with van der Waals surface area (Å²) in [5.41, 5.74) is 4.78. The Kier molecular flexibility index (Phi) is 9.72. The van der Waals surface area contributed by atoms with Crippen molar-refractivity contribution in [3.8, 4) is 0 Å². The predicted molar refractivity (Wildman–Crippen MR) is 179 cm³/mol.